The van der Waals surface area contributed by atoms with E-state index in [0.29, 0.717) is 16.4 Å². The van der Waals surface area contributed by atoms with E-state index in [4.69, 9.17) is 23.2 Å². The smallest absolute Gasteiger partial charge is 0.0453 e. The molecular formula is C17H25Cl2N. The van der Waals surface area contributed by atoms with Gasteiger partial charge in [-0.15, -0.1) is 0 Å². The van der Waals surface area contributed by atoms with Crippen molar-refractivity contribution in [1.82, 2.24) is 5.32 Å². The molecule has 1 saturated carbocycles. The monoisotopic (exact) mass is 313 g/mol. The van der Waals surface area contributed by atoms with Gasteiger partial charge in [-0.2, -0.15) is 0 Å². The number of hydrogen-bond donors (Lipinski definition) is 1. The summed E-state index contributed by atoms with van der Waals surface area (Å²) in [5, 5.41) is 5.14. The summed E-state index contributed by atoms with van der Waals surface area (Å²) in [5.41, 5.74) is 1.52. The second-order valence-corrected chi connectivity index (χ2v) is 7.71. The number of halogens is 2. The van der Waals surface area contributed by atoms with E-state index in [1.807, 2.05) is 12.1 Å². The van der Waals surface area contributed by atoms with Crippen molar-refractivity contribution in [1.29, 1.82) is 0 Å². The van der Waals surface area contributed by atoms with Crippen LogP contribution in [0.25, 0.3) is 0 Å². The van der Waals surface area contributed by atoms with Crippen LogP contribution in [-0.2, 0) is 6.42 Å². The van der Waals surface area contributed by atoms with Gasteiger partial charge in [0.2, 0.25) is 0 Å². The fourth-order valence-corrected chi connectivity index (χ4v) is 3.35. The maximum Gasteiger partial charge on any atom is 0.0453 e. The van der Waals surface area contributed by atoms with Gasteiger partial charge >= 0.3 is 0 Å². The molecule has 1 aliphatic rings. The zero-order valence-electron chi connectivity index (χ0n) is 12.7. The van der Waals surface area contributed by atoms with Crippen LogP contribution in [0.1, 0.15) is 39.2 Å². The van der Waals surface area contributed by atoms with E-state index < -0.39 is 0 Å². The minimum atomic E-state index is 0.298. The van der Waals surface area contributed by atoms with Gasteiger partial charge in [0, 0.05) is 16.6 Å². The predicted molar refractivity (Wildman–Crippen MR) is 88.7 cm³/mol. The lowest BCUT2D eigenvalue weighted by molar-refractivity contribution is 0.252. The molecule has 0 saturated heterocycles. The first-order chi connectivity index (χ1) is 9.40. The molecule has 0 heterocycles. The van der Waals surface area contributed by atoms with E-state index in [2.05, 4.69) is 32.2 Å². The molecule has 1 fully saturated rings. The van der Waals surface area contributed by atoms with E-state index in [-0.39, 0.29) is 0 Å². The Hall–Kier alpha value is -0.240. The van der Waals surface area contributed by atoms with Gasteiger partial charge in [0.15, 0.2) is 0 Å². The van der Waals surface area contributed by atoms with Crippen molar-refractivity contribution >= 4 is 23.2 Å². The van der Waals surface area contributed by atoms with Gasteiger partial charge in [0.05, 0.1) is 0 Å². The fourth-order valence-electron chi connectivity index (χ4n) is 2.88. The summed E-state index contributed by atoms with van der Waals surface area (Å²) in [6, 6.07) is 5.87. The van der Waals surface area contributed by atoms with Gasteiger partial charge < -0.3 is 5.32 Å². The summed E-state index contributed by atoms with van der Waals surface area (Å²) in [6.45, 7) is 9.03. The molecule has 1 aliphatic carbocycles. The maximum atomic E-state index is 6.34. The molecule has 0 aromatic heterocycles. The minimum Gasteiger partial charge on any atom is -0.316 e. The highest BCUT2D eigenvalue weighted by Crippen LogP contribution is 2.47. The van der Waals surface area contributed by atoms with Crippen LogP contribution in [0.15, 0.2) is 18.2 Å². The Bertz CT molecular complexity index is 454. The van der Waals surface area contributed by atoms with E-state index >= 15 is 0 Å². The second-order valence-electron chi connectivity index (χ2n) is 6.87. The summed E-state index contributed by atoms with van der Waals surface area (Å²) in [6.07, 6.45) is 3.73. The van der Waals surface area contributed by atoms with Gasteiger partial charge in [-0.3, -0.25) is 0 Å². The summed E-state index contributed by atoms with van der Waals surface area (Å²) < 4.78 is 0. The zero-order valence-corrected chi connectivity index (χ0v) is 14.2. The van der Waals surface area contributed by atoms with E-state index in [1.54, 1.807) is 0 Å². The summed E-state index contributed by atoms with van der Waals surface area (Å²) >= 11 is 12.3. The summed E-state index contributed by atoms with van der Waals surface area (Å²) in [7, 11) is 0. The number of hydrogen-bond acceptors (Lipinski definition) is 1. The lowest BCUT2D eigenvalue weighted by Gasteiger charge is -2.31. The third-order valence-electron chi connectivity index (χ3n) is 4.25. The molecule has 20 heavy (non-hydrogen) atoms. The molecule has 112 valence electrons. The third kappa shape index (κ3) is 4.38. The minimum absolute atomic E-state index is 0.298. The Morgan fingerprint density at radius 1 is 1.30 bits per heavy atom. The van der Waals surface area contributed by atoms with Gasteiger partial charge in [0.1, 0.15) is 0 Å². The SMILES string of the molecule is CC(C)CNCC(C)(Cc1ccc(Cl)cc1Cl)C1CC1. The fraction of sp³-hybridized carbons (Fsp3) is 0.647. The van der Waals surface area contributed by atoms with Crippen LogP contribution in [0.3, 0.4) is 0 Å². The molecule has 0 spiro atoms. The van der Waals surface area contributed by atoms with Gasteiger partial charge in [-0.25, -0.2) is 0 Å². The normalized spacial score (nSPS) is 18.3. The summed E-state index contributed by atoms with van der Waals surface area (Å²) in [4.78, 5) is 0. The number of rotatable bonds is 7. The molecule has 0 radical (unpaired) electrons. The quantitative estimate of drug-likeness (QED) is 0.729. The lowest BCUT2D eigenvalue weighted by atomic mass is 9.78. The average molecular weight is 314 g/mol. The standard InChI is InChI=1S/C17H25Cl2N/c1-12(2)10-20-11-17(3,14-5-6-14)9-13-4-7-15(18)8-16(13)19/h4,7-8,12,14,20H,5-6,9-11H2,1-3H3. The molecule has 1 nitrogen and oxygen atoms in total. The molecule has 1 aromatic carbocycles. The zero-order chi connectivity index (χ0) is 14.8. The van der Waals surface area contributed by atoms with Gasteiger partial charge in [0.25, 0.3) is 0 Å². The van der Waals surface area contributed by atoms with Crippen LogP contribution in [0.5, 0.6) is 0 Å². The number of nitrogens with one attached hydrogen (secondary N) is 1. The first-order valence-corrected chi connectivity index (χ1v) is 8.31. The van der Waals surface area contributed by atoms with Crippen LogP contribution in [-0.4, -0.2) is 13.1 Å². The largest absolute Gasteiger partial charge is 0.316 e. The highest BCUT2D eigenvalue weighted by molar-refractivity contribution is 6.35. The van der Waals surface area contributed by atoms with E-state index in [9.17, 15) is 0 Å². The Morgan fingerprint density at radius 3 is 2.55 bits per heavy atom. The predicted octanol–water partition coefficient (Wildman–Crippen LogP) is 5.20. The molecule has 1 N–H and O–H groups in total. The van der Waals surface area contributed by atoms with Crippen molar-refractivity contribution in [2.45, 2.75) is 40.0 Å². The van der Waals surface area contributed by atoms with Crippen molar-refractivity contribution < 1.29 is 0 Å². The van der Waals surface area contributed by atoms with Crippen molar-refractivity contribution in [2.75, 3.05) is 13.1 Å². The molecule has 1 atom stereocenters. The molecule has 0 amide bonds. The van der Waals surface area contributed by atoms with E-state index in [1.165, 1.54) is 18.4 Å². The summed E-state index contributed by atoms with van der Waals surface area (Å²) in [5.74, 6) is 1.52. The molecule has 3 heteroatoms. The molecule has 1 aromatic rings. The lowest BCUT2D eigenvalue weighted by Crippen LogP contribution is -2.37. The van der Waals surface area contributed by atoms with Crippen LogP contribution >= 0.6 is 23.2 Å². The Balaban J connectivity index is 2.04. The van der Waals surface area contributed by atoms with Crippen molar-refractivity contribution in [3.05, 3.63) is 33.8 Å². The van der Waals surface area contributed by atoms with Crippen LogP contribution < -0.4 is 5.32 Å². The van der Waals surface area contributed by atoms with E-state index in [0.717, 1.165) is 30.5 Å². The molecule has 2 rings (SSSR count). The highest BCUT2D eigenvalue weighted by atomic mass is 35.5. The van der Waals surface area contributed by atoms with Gasteiger partial charge in [-0.05, 0) is 60.8 Å². The van der Waals surface area contributed by atoms with Crippen molar-refractivity contribution in [3.63, 3.8) is 0 Å². The first kappa shape index (κ1) is 16.1. The second kappa shape index (κ2) is 6.68. The topological polar surface area (TPSA) is 12.0 Å². The highest BCUT2D eigenvalue weighted by Gasteiger charge is 2.41. The molecule has 1 unspecified atom stereocenters. The maximum absolute atomic E-state index is 6.34. The van der Waals surface area contributed by atoms with Gasteiger partial charge in [-0.1, -0.05) is 50.0 Å². The van der Waals surface area contributed by atoms with Crippen LogP contribution in [0.2, 0.25) is 10.0 Å². The van der Waals surface area contributed by atoms with Crippen molar-refractivity contribution in [2.24, 2.45) is 17.3 Å². The molecule has 0 aliphatic heterocycles. The Kier molecular flexibility index (Phi) is 5.39. The Labute approximate surface area is 133 Å². The van der Waals surface area contributed by atoms with Crippen molar-refractivity contribution in [3.8, 4) is 0 Å². The molecular weight excluding hydrogens is 289 g/mol. The third-order valence-corrected chi connectivity index (χ3v) is 4.84. The Morgan fingerprint density at radius 2 is 2.00 bits per heavy atom. The average Bonchev–Trinajstić information content (AvgIpc) is 3.17. The van der Waals surface area contributed by atoms with Crippen LogP contribution in [0.4, 0.5) is 0 Å². The molecule has 0 bridgehead atoms. The first-order valence-electron chi connectivity index (χ1n) is 7.55. The number of benzene rings is 1. The van der Waals surface area contributed by atoms with Crippen LogP contribution in [0, 0.1) is 17.3 Å².